The molecule has 3 aromatic heterocycles. The largest absolute Gasteiger partial charge is 0.497 e. The molecule has 1 unspecified atom stereocenters. The lowest BCUT2D eigenvalue weighted by atomic mass is 10.0. The number of methoxy groups -OCH3 is 1. The summed E-state index contributed by atoms with van der Waals surface area (Å²) in [5, 5.41) is 15.3. The molecule has 11 nitrogen and oxygen atoms in total. The maximum absolute atomic E-state index is 13.7. The van der Waals surface area contributed by atoms with Crippen LogP contribution in [0.5, 0.6) is 5.75 Å². The van der Waals surface area contributed by atoms with Crippen molar-refractivity contribution in [2.75, 3.05) is 7.11 Å². The second-order valence-electron chi connectivity index (χ2n) is 9.57. The SMILES string of the molecule is COc1ccc(C(C(=O)NC(C)(C)C)N(Cc2ccco2)C(=O)Cn2nnc(-c3ccc(C)o3)n2)cc1. The van der Waals surface area contributed by atoms with Gasteiger partial charge < -0.3 is 23.8 Å². The molecule has 0 fully saturated rings. The summed E-state index contributed by atoms with van der Waals surface area (Å²) in [4.78, 5) is 30.0. The minimum Gasteiger partial charge on any atom is -0.497 e. The van der Waals surface area contributed by atoms with Gasteiger partial charge >= 0.3 is 0 Å². The molecule has 1 atom stereocenters. The van der Waals surface area contributed by atoms with E-state index < -0.39 is 17.5 Å². The molecule has 2 amide bonds. The van der Waals surface area contributed by atoms with Crippen LogP contribution < -0.4 is 10.1 Å². The van der Waals surface area contributed by atoms with Crippen molar-refractivity contribution in [1.29, 1.82) is 0 Å². The Hall–Kier alpha value is -4.41. The van der Waals surface area contributed by atoms with Crippen molar-refractivity contribution in [3.8, 4) is 17.3 Å². The Bertz CT molecular complexity index is 1330. The van der Waals surface area contributed by atoms with Gasteiger partial charge in [0.15, 0.2) is 5.76 Å². The Kier molecular flexibility index (Phi) is 7.42. The number of ether oxygens (including phenoxy) is 1. The van der Waals surface area contributed by atoms with E-state index in [9.17, 15) is 9.59 Å². The Morgan fingerprint density at radius 1 is 1.14 bits per heavy atom. The number of hydrogen-bond acceptors (Lipinski definition) is 8. The molecule has 0 radical (unpaired) electrons. The summed E-state index contributed by atoms with van der Waals surface area (Å²) >= 11 is 0. The van der Waals surface area contributed by atoms with Crippen LogP contribution in [0.25, 0.3) is 11.6 Å². The molecule has 4 aromatic rings. The molecule has 0 saturated heterocycles. The van der Waals surface area contributed by atoms with Crippen LogP contribution in [0.3, 0.4) is 0 Å². The molecule has 0 aliphatic rings. The van der Waals surface area contributed by atoms with Crippen molar-refractivity contribution in [2.24, 2.45) is 0 Å². The molecule has 37 heavy (non-hydrogen) atoms. The molecule has 11 heteroatoms. The van der Waals surface area contributed by atoms with Crippen molar-refractivity contribution in [3.05, 3.63) is 71.9 Å². The normalized spacial score (nSPS) is 12.2. The summed E-state index contributed by atoms with van der Waals surface area (Å²) in [5.74, 6) is 1.83. The number of hydrogen-bond donors (Lipinski definition) is 1. The summed E-state index contributed by atoms with van der Waals surface area (Å²) in [6.45, 7) is 7.26. The summed E-state index contributed by atoms with van der Waals surface area (Å²) < 4.78 is 16.3. The van der Waals surface area contributed by atoms with Crippen molar-refractivity contribution in [2.45, 2.75) is 52.4 Å². The first-order valence-electron chi connectivity index (χ1n) is 11.8. The van der Waals surface area contributed by atoms with Crippen molar-refractivity contribution in [1.82, 2.24) is 30.4 Å². The van der Waals surface area contributed by atoms with E-state index in [0.29, 0.717) is 28.6 Å². The molecular formula is C26H30N6O5. The molecule has 1 aromatic carbocycles. The number of nitrogens with one attached hydrogen (secondary N) is 1. The van der Waals surface area contributed by atoms with Gasteiger partial charge in [-0.05, 0) is 74.9 Å². The highest BCUT2D eigenvalue weighted by Crippen LogP contribution is 2.27. The van der Waals surface area contributed by atoms with Crippen molar-refractivity contribution in [3.63, 3.8) is 0 Å². The Balaban J connectivity index is 1.68. The third-order valence-corrected chi connectivity index (χ3v) is 5.41. The lowest BCUT2D eigenvalue weighted by Crippen LogP contribution is -2.49. The van der Waals surface area contributed by atoms with Crippen molar-refractivity contribution >= 4 is 11.8 Å². The number of benzene rings is 1. The highest BCUT2D eigenvalue weighted by molar-refractivity contribution is 5.89. The molecule has 0 bridgehead atoms. The van der Waals surface area contributed by atoms with E-state index in [4.69, 9.17) is 13.6 Å². The quantitative estimate of drug-likeness (QED) is 0.365. The van der Waals surface area contributed by atoms with E-state index in [1.165, 1.54) is 16.0 Å². The molecule has 194 valence electrons. The van der Waals surface area contributed by atoms with Crippen LogP contribution in [-0.4, -0.2) is 49.6 Å². The Morgan fingerprint density at radius 3 is 2.49 bits per heavy atom. The molecule has 0 spiro atoms. The van der Waals surface area contributed by atoms with Crippen LogP contribution in [-0.2, 0) is 22.7 Å². The number of aryl methyl sites for hydroxylation is 1. The zero-order valence-corrected chi connectivity index (χ0v) is 21.5. The van der Waals surface area contributed by atoms with Gasteiger partial charge in [0.1, 0.15) is 29.9 Å². The van der Waals surface area contributed by atoms with Gasteiger partial charge in [-0.1, -0.05) is 12.1 Å². The fraction of sp³-hybridized carbons (Fsp3) is 0.346. The van der Waals surface area contributed by atoms with Gasteiger partial charge in [-0.2, -0.15) is 4.80 Å². The topological polar surface area (TPSA) is 129 Å². The predicted molar refractivity (Wildman–Crippen MR) is 133 cm³/mol. The second kappa shape index (κ2) is 10.7. The zero-order valence-electron chi connectivity index (χ0n) is 21.5. The van der Waals surface area contributed by atoms with Gasteiger partial charge in [0.2, 0.25) is 17.6 Å². The monoisotopic (exact) mass is 506 g/mol. The molecule has 3 heterocycles. The van der Waals surface area contributed by atoms with Gasteiger partial charge in [-0.25, -0.2) is 0 Å². The van der Waals surface area contributed by atoms with E-state index >= 15 is 0 Å². The number of furan rings is 2. The number of rotatable bonds is 9. The minimum atomic E-state index is -0.960. The average Bonchev–Trinajstić information content (AvgIpc) is 3.60. The smallest absolute Gasteiger partial charge is 0.247 e. The lowest BCUT2D eigenvalue weighted by molar-refractivity contribution is -0.143. The van der Waals surface area contributed by atoms with E-state index in [2.05, 4.69) is 20.7 Å². The molecule has 0 aliphatic carbocycles. The fourth-order valence-electron chi connectivity index (χ4n) is 3.77. The predicted octanol–water partition coefficient (Wildman–Crippen LogP) is 3.53. The maximum atomic E-state index is 13.7. The zero-order chi connectivity index (χ0) is 26.6. The van der Waals surface area contributed by atoms with Crippen LogP contribution in [0.4, 0.5) is 0 Å². The van der Waals surface area contributed by atoms with E-state index in [-0.39, 0.29) is 24.8 Å². The van der Waals surface area contributed by atoms with Gasteiger partial charge in [-0.3, -0.25) is 9.59 Å². The fourth-order valence-corrected chi connectivity index (χ4v) is 3.77. The lowest BCUT2D eigenvalue weighted by Gasteiger charge is -2.33. The van der Waals surface area contributed by atoms with E-state index in [1.54, 1.807) is 55.6 Å². The first-order chi connectivity index (χ1) is 17.6. The second-order valence-corrected chi connectivity index (χ2v) is 9.57. The van der Waals surface area contributed by atoms with Crippen LogP contribution in [0.1, 0.15) is 43.9 Å². The van der Waals surface area contributed by atoms with Crippen LogP contribution in [0.2, 0.25) is 0 Å². The standard InChI is InChI=1S/C26H30N6O5/c1-17-8-13-21(37-17)24-28-30-32(29-24)16-22(33)31(15-20-7-6-14-36-20)23(25(34)27-26(2,3)4)18-9-11-19(35-5)12-10-18/h6-14,23H,15-16H2,1-5H3,(H,27,34). The van der Waals surface area contributed by atoms with Crippen LogP contribution in [0, 0.1) is 6.92 Å². The summed E-state index contributed by atoms with van der Waals surface area (Å²) in [6, 6.07) is 13.1. The van der Waals surface area contributed by atoms with Gasteiger partial charge in [0.25, 0.3) is 0 Å². The number of amides is 2. The third-order valence-electron chi connectivity index (χ3n) is 5.41. The number of tetrazole rings is 1. The number of carbonyl (C=O) groups excluding carboxylic acids is 2. The number of nitrogens with zero attached hydrogens (tertiary/aromatic N) is 5. The van der Waals surface area contributed by atoms with Gasteiger partial charge in [-0.15, -0.1) is 10.2 Å². The third kappa shape index (κ3) is 6.43. The van der Waals surface area contributed by atoms with Crippen LogP contribution in [0.15, 0.2) is 63.6 Å². The number of carbonyl (C=O) groups is 2. The molecule has 4 rings (SSSR count). The molecular weight excluding hydrogens is 476 g/mol. The first kappa shape index (κ1) is 25.7. The van der Waals surface area contributed by atoms with Gasteiger partial charge in [0.05, 0.1) is 19.9 Å². The first-order valence-corrected chi connectivity index (χ1v) is 11.8. The van der Waals surface area contributed by atoms with E-state index in [0.717, 1.165) is 0 Å². The summed E-state index contributed by atoms with van der Waals surface area (Å²) in [6.07, 6.45) is 1.52. The highest BCUT2D eigenvalue weighted by atomic mass is 16.5. The molecule has 0 saturated carbocycles. The Morgan fingerprint density at radius 2 is 1.89 bits per heavy atom. The number of aromatic nitrogens is 4. The Labute approximate surface area is 214 Å². The van der Waals surface area contributed by atoms with E-state index in [1.807, 2.05) is 27.7 Å². The minimum absolute atomic E-state index is 0.0546. The average molecular weight is 507 g/mol. The van der Waals surface area contributed by atoms with Crippen LogP contribution >= 0.6 is 0 Å². The maximum Gasteiger partial charge on any atom is 0.247 e. The highest BCUT2D eigenvalue weighted by Gasteiger charge is 2.34. The molecule has 1 N–H and O–H groups in total. The van der Waals surface area contributed by atoms with Gasteiger partial charge in [0, 0.05) is 5.54 Å². The van der Waals surface area contributed by atoms with Crippen molar-refractivity contribution < 1.29 is 23.2 Å². The summed E-state index contributed by atoms with van der Waals surface area (Å²) in [5.41, 5.74) is 0.0887. The molecule has 0 aliphatic heterocycles. The summed E-state index contributed by atoms with van der Waals surface area (Å²) in [7, 11) is 1.56.